The highest BCUT2D eigenvalue weighted by atomic mass is 16.8. The summed E-state index contributed by atoms with van der Waals surface area (Å²) in [5, 5.41) is 313. The Morgan fingerprint density at radius 2 is 0.798 bits per heavy atom. The second kappa shape index (κ2) is 41.6. The minimum absolute atomic E-state index is 0.840. The number of rotatable bonds is 34. The smallest absolute Gasteiger partial charge is 0.364 e. The molecule has 51 nitrogen and oxygen atoms in total. The normalized spacial score (nSPS) is 46.0. The summed E-state index contributed by atoms with van der Waals surface area (Å²) in [6.07, 6.45) is -89.1. The fraction of sp³-hybridized carbons (Fsp3) is 0.937. The minimum Gasteiger partial charge on any atom is -0.477 e. The molecule has 0 aliphatic carbocycles. The second-order valence-electron chi connectivity index (χ2n) is 28.6. The Hall–Kier alpha value is -3.84. The van der Waals surface area contributed by atoms with Crippen LogP contribution in [-0.2, 0) is 95.0 Å². The molecule has 0 saturated carbocycles. The van der Waals surface area contributed by atoms with E-state index in [1.807, 2.05) is 0 Å². The number of hydrogen-bond acceptors (Lipinski definition) is 47. The maximum Gasteiger partial charge on any atom is 0.364 e. The van der Waals surface area contributed by atoms with Gasteiger partial charge in [-0.1, -0.05) is 0 Å². The minimum atomic E-state index is -3.08. The maximum atomic E-state index is 13.4. The first kappa shape index (κ1) is 95.6. The zero-order chi connectivity index (χ0) is 84.7. The molecule has 114 heavy (non-hydrogen) atoms. The standard InChI is InChI=1S/C63H107N3O48/c1-15-32(81)40(89)43(92)57(101-15)111-52-31(66-18(4)76)55(104-26(12-73)50(52)110-60-46(95)53(37(86)24(10-71)103-60)113-58-44(93)41(90)35(84)23(9-70)102-58)99-13-27-38(87)54(47(96)61(106-27)108-48(22(80)8-69)33(82)20(78)6-67)112-56-30(65-17(3)75)39(88)49(25(11-72)105-56)109-59-45(94)42(91)36(85)28(107-59)14-100-63(62(97)98)5-19(77)29(64-16(2)74)51(114-63)34(83)21(79)7-68/h15,19-61,67-73,77-96H,5-14H2,1-4H3,(H,64,74)(H,65,75)(H,66,76)(H,97,98)/t15-,19-,20-,21+,22+,23+,24+,25+,26+,27+,28+,29+,30+,31+,32+,33+,34+,35-,36-,37-,38-,39+,40+,41-,42-,43-,44+,45+,46+,47+,48+,49+,50+,51+,52+,53-,54-,55+,56-,57-,58+,59-,60-,61-,63+/m0/s1. The highest BCUT2D eigenvalue weighted by molar-refractivity contribution is 5.77. The predicted octanol–water partition coefficient (Wildman–Crippen LogP) is -20.3. The van der Waals surface area contributed by atoms with Crippen LogP contribution in [-0.4, -0.2) is 502 Å². The van der Waals surface area contributed by atoms with Crippen molar-refractivity contribution in [2.45, 2.75) is 310 Å². The van der Waals surface area contributed by atoms with Gasteiger partial charge >= 0.3 is 5.97 Å². The molecule has 8 aliphatic heterocycles. The van der Waals surface area contributed by atoms with Crippen molar-refractivity contribution in [3.05, 3.63) is 0 Å². The van der Waals surface area contributed by atoms with Crippen LogP contribution in [0.4, 0.5) is 0 Å². The summed E-state index contributed by atoms with van der Waals surface area (Å²) in [5.74, 6) is -8.02. The number of carboxylic acids is 1. The van der Waals surface area contributed by atoms with E-state index in [4.69, 9.17) is 75.8 Å². The van der Waals surface area contributed by atoms with Gasteiger partial charge in [0, 0.05) is 27.2 Å². The molecule has 0 aromatic heterocycles. The van der Waals surface area contributed by atoms with E-state index in [0.29, 0.717) is 0 Å². The zero-order valence-corrected chi connectivity index (χ0v) is 61.2. The van der Waals surface area contributed by atoms with E-state index in [1.54, 1.807) is 0 Å². The maximum absolute atomic E-state index is 13.4. The number of carbonyl (C=O) groups is 4. The number of carboxylic acid groups (broad SMARTS) is 1. The quantitative estimate of drug-likeness (QED) is 0.0284. The van der Waals surface area contributed by atoms with Crippen LogP contribution in [0.2, 0.25) is 0 Å². The average Bonchev–Trinajstić information content (AvgIpc) is 0.762. The van der Waals surface area contributed by atoms with Gasteiger partial charge in [0.1, 0.15) is 207 Å². The van der Waals surface area contributed by atoms with Crippen LogP contribution in [0.5, 0.6) is 0 Å². The Morgan fingerprint density at radius 3 is 1.33 bits per heavy atom. The molecule has 8 fully saturated rings. The largest absolute Gasteiger partial charge is 0.477 e. The molecule has 0 spiro atoms. The van der Waals surface area contributed by atoms with Gasteiger partial charge in [0.2, 0.25) is 17.7 Å². The zero-order valence-electron chi connectivity index (χ0n) is 61.2. The molecule has 8 aliphatic rings. The van der Waals surface area contributed by atoms with Crippen molar-refractivity contribution in [2.24, 2.45) is 0 Å². The Labute approximate surface area is 645 Å². The first-order valence-corrected chi connectivity index (χ1v) is 36.0. The molecule has 0 aromatic carbocycles. The molecule has 51 heteroatoms. The van der Waals surface area contributed by atoms with E-state index in [2.05, 4.69) is 16.0 Å². The van der Waals surface area contributed by atoms with E-state index >= 15 is 0 Å². The first-order chi connectivity index (χ1) is 53.7. The lowest BCUT2D eigenvalue weighted by molar-refractivity contribution is -0.390. The number of aliphatic hydroxyl groups excluding tert-OH is 27. The summed E-state index contributed by atoms with van der Waals surface area (Å²) >= 11 is 0. The molecule has 0 aromatic rings. The molecule has 0 radical (unpaired) electrons. The number of nitrogens with one attached hydrogen (secondary N) is 3. The van der Waals surface area contributed by atoms with Crippen molar-refractivity contribution in [1.29, 1.82) is 0 Å². The second-order valence-corrected chi connectivity index (χ2v) is 28.6. The lowest BCUT2D eigenvalue weighted by atomic mass is 9.88. The molecule has 0 unspecified atom stereocenters. The third-order valence-corrected chi connectivity index (χ3v) is 20.5. The molecular weight excluding hydrogens is 1570 g/mol. The lowest BCUT2D eigenvalue weighted by Gasteiger charge is -2.51. The van der Waals surface area contributed by atoms with Gasteiger partial charge in [0.25, 0.3) is 5.79 Å². The van der Waals surface area contributed by atoms with Gasteiger partial charge in [-0.05, 0) is 6.92 Å². The molecule has 3 amide bonds. The average molecular weight is 1670 g/mol. The van der Waals surface area contributed by atoms with Gasteiger partial charge in [-0.25, -0.2) is 4.79 Å². The van der Waals surface area contributed by atoms with E-state index < -0.39 is 365 Å². The summed E-state index contributed by atoms with van der Waals surface area (Å²) in [5.41, 5.74) is 0. The summed E-state index contributed by atoms with van der Waals surface area (Å²) in [6, 6.07) is -5.75. The van der Waals surface area contributed by atoms with Crippen LogP contribution < -0.4 is 16.0 Å². The van der Waals surface area contributed by atoms with Crippen LogP contribution in [0.3, 0.4) is 0 Å². The molecular formula is C63H107N3O48. The van der Waals surface area contributed by atoms with Gasteiger partial charge in [-0.2, -0.15) is 0 Å². The number of ether oxygens (including phenoxy) is 16. The third-order valence-electron chi connectivity index (χ3n) is 20.5. The lowest BCUT2D eigenvalue weighted by Crippen LogP contribution is -2.70. The monoisotopic (exact) mass is 1670 g/mol. The SMILES string of the molecule is CC(=O)N[C@H]1[C@H](O[C@H]2[C@@H](O)[C@@H](CO[C@@H]3O[C@H](CO)[C@@H](O[C@@H]4O[C@H](CO)[C@H](O)[C@H](O[C@H]5O[C@H](CO)[C@H](O)[C@H](O)[C@H]5O)[C@H]4O)[C@H](O[C@@H]4O[C@@H](C)[C@@H](O)[C@@H](O)[C@@H]4O)[C@H]3NC(C)=O)O[C@@H](O[C@@H]([C@H](O)[C@@H](O)CO)[C@H](O)CO)[C@@H]2O)O[C@H](CO)[C@@H](O[C@@H]2O[C@H](CO[C@]3(C(=O)O)C[C@H](O)[C@@H](NC(C)=O)[C@H]([C@H](O)[C@H](O)CO)O3)[C@H](O)[C@H](O)[C@H]2O)[C@@H]1O. The molecule has 8 heterocycles. The van der Waals surface area contributed by atoms with Crippen molar-refractivity contribution in [2.75, 3.05) is 59.5 Å². The van der Waals surface area contributed by atoms with Crippen LogP contribution in [0.1, 0.15) is 34.1 Å². The van der Waals surface area contributed by atoms with Crippen molar-refractivity contribution in [3.8, 4) is 0 Å². The van der Waals surface area contributed by atoms with Crippen molar-refractivity contribution in [3.63, 3.8) is 0 Å². The number of amides is 3. The van der Waals surface area contributed by atoms with E-state index in [1.165, 1.54) is 6.92 Å². The van der Waals surface area contributed by atoms with Gasteiger partial charge in [0.05, 0.1) is 77.7 Å². The Balaban J connectivity index is 1.10. The fourth-order valence-corrected chi connectivity index (χ4v) is 14.2. The molecule has 8 saturated heterocycles. The topological polar surface area (TPSA) is 818 Å². The summed E-state index contributed by atoms with van der Waals surface area (Å²) in [7, 11) is 0. The molecule has 8 rings (SSSR count). The van der Waals surface area contributed by atoms with E-state index in [-0.39, 0.29) is 0 Å². The Morgan fingerprint density at radius 1 is 0.395 bits per heavy atom. The number of aliphatic carboxylic acids is 1. The third kappa shape index (κ3) is 21.4. The van der Waals surface area contributed by atoms with Crippen LogP contribution >= 0.6 is 0 Å². The van der Waals surface area contributed by atoms with Gasteiger partial charge in [-0.3, -0.25) is 14.4 Å². The van der Waals surface area contributed by atoms with E-state index in [0.717, 1.165) is 20.8 Å². The van der Waals surface area contributed by atoms with Crippen LogP contribution in [0.25, 0.3) is 0 Å². The Kier molecular flexibility index (Phi) is 34.9. The van der Waals surface area contributed by atoms with Crippen molar-refractivity contribution < 1.29 is 238 Å². The van der Waals surface area contributed by atoms with Crippen LogP contribution in [0.15, 0.2) is 0 Å². The van der Waals surface area contributed by atoms with Gasteiger partial charge in [0.15, 0.2) is 44.0 Å². The van der Waals surface area contributed by atoms with Gasteiger partial charge < -0.3 is 235 Å². The van der Waals surface area contributed by atoms with Crippen molar-refractivity contribution >= 4 is 23.7 Å². The first-order valence-electron chi connectivity index (χ1n) is 36.0. The number of hydrogen-bond donors (Lipinski definition) is 31. The predicted molar refractivity (Wildman–Crippen MR) is 350 cm³/mol. The number of carbonyl (C=O) groups excluding carboxylic acids is 3. The summed E-state index contributed by atoms with van der Waals surface area (Å²) in [4.78, 5) is 51.6. The van der Waals surface area contributed by atoms with Crippen LogP contribution in [0, 0.1) is 0 Å². The molecule has 45 atom stereocenters. The molecule has 31 N–H and O–H groups in total. The Bertz CT molecular complexity index is 3010. The van der Waals surface area contributed by atoms with Crippen molar-refractivity contribution in [1.82, 2.24) is 16.0 Å². The summed E-state index contributed by atoms with van der Waals surface area (Å²) < 4.78 is 94.1. The highest BCUT2D eigenvalue weighted by Gasteiger charge is 2.62. The molecule has 0 bridgehead atoms. The number of aliphatic hydroxyl groups is 27. The van der Waals surface area contributed by atoms with Gasteiger partial charge in [-0.15, -0.1) is 0 Å². The summed E-state index contributed by atoms with van der Waals surface area (Å²) in [6.45, 7) is -6.75. The fourth-order valence-electron chi connectivity index (χ4n) is 14.2. The molecule has 662 valence electrons. The van der Waals surface area contributed by atoms with E-state index in [9.17, 15) is 162 Å². The highest BCUT2D eigenvalue weighted by Crippen LogP contribution is 2.41.